The summed E-state index contributed by atoms with van der Waals surface area (Å²) in [5.74, 6) is -0.0182. The van der Waals surface area contributed by atoms with Crippen molar-refractivity contribution in [1.82, 2.24) is 0 Å². The third kappa shape index (κ3) is 9.47. The van der Waals surface area contributed by atoms with Crippen LogP contribution in [0.25, 0.3) is 0 Å². The lowest BCUT2D eigenvalue weighted by Gasteiger charge is -2.31. The first-order chi connectivity index (χ1) is 15.9. The van der Waals surface area contributed by atoms with Crippen LogP contribution in [0.1, 0.15) is 67.2 Å². The summed E-state index contributed by atoms with van der Waals surface area (Å²) in [5, 5.41) is 2.88. The molecule has 0 spiro atoms. The number of amides is 1. The third-order valence-electron chi connectivity index (χ3n) is 6.16. The minimum absolute atomic E-state index is 0. The van der Waals surface area contributed by atoms with Gasteiger partial charge in [-0.15, -0.1) is 0 Å². The number of hydrogen-bond donors (Lipinski definition) is 1. The average Bonchev–Trinajstić information content (AvgIpc) is 2.84. The Morgan fingerprint density at radius 3 is 2.21 bits per heavy atom. The Morgan fingerprint density at radius 1 is 0.882 bits per heavy atom. The highest BCUT2D eigenvalue weighted by molar-refractivity contribution is 6.06. The van der Waals surface area contributed by atoms with Crippen molar-refractivity contribution in [2.24, 2.45) is 0 Å². The van der Waals surface area contributed by atoms with E-state index in [1.54, 1.807) is 30.3 Å². The van der Waals surface area contributed by atoms with Crippen LogP contribution in [-0.2, 0) is 4.74 Å². The summed E-state index contributed by atoms with van der Waals surface area (Å²) in [7, 11) is 2.15. The van der Waals surface area contributed by atoms with Crippen molar-refractivity contribution in [3.05, 3.63) is 59.7 Å². The molecule has 2 aromatic carbocycles. The molecule has 0 aliphatic rings. The lowest BCUT2D eigenvalue weighted by Crippen LogP contribution is -3.00. The number of anilines is 1. The molecule has 2 rings (SSSR count). The molecule has 0 aliphatic heterocycles. The van der Waals surface area contributed by atoms with Crippen LogP contribution in [0.5, 0.6) is 5.75 Å². The molecule has 0 heterocycles. The first-order valence-corrected chi connectivity index (χ1v) is 12.1. The van der Waals surface area contributed by atoms with Crippen molar-refractivity contribution >= 4 is 17.6 Å². The lowest BCUT2D eigenvalue weighted by atomic mass is 10.1. The molecule has 34 heavy (non-hydrogen) atoms. The van der Waals surface area contributed by atoms with Gasteiger partial charge in [-0.2, -0.15) is 0 Å². The van der Waals surface area contributed by atoms with Crippen LogP contribution in [-0.4, -0.2) is 56.3 Å². The molecule has 188 valence electrons. The smallest absolute Gasteiger partial charge is 0.338 e. The van der Waals surface area contributed by atoms with Gasteiger partial charge < -0.3 is 36.3 Å². The first kappa shape index (κ1) is 29.7. The fourth-order valence-corrected chi connectivity index (χ4v) is 3.36. The molecule has 0 radical (unpaired) electrons. The molecule has 0 unspecified atom stereocenters. The monoisotopic (exact) mass is 534 g/mol. The summed E-state index contributed by atoms with van der Waals surface area (Å²) in [5.41, 5.74) is 1.56. The summed E-state index contributed by atoms with van der Waals surface area (Å²) >= 11 is 0. The van der Waals surface area contributed by atoms with E-state index >= 15 is 0 Å². The van der Waals surface area contributed by atoms with E-state index in [2.05, 4.69) is 33.1 Å². The van der Waals surface area contributed by atoms with Crippen molar-refractivity contribution in [2.45, 2.75) is 46.5 Å². The molecule has 7 heteroatoms. The fraction of sp³-hybridized carbons (Fsp3) is 0.481. The van der Waals surface area contributed by atoms with Crippen molar-refractivity contribution in [3.8, 4) is 5.75 Å². The van der Waals surface area contributed by atoms with E-state index in [1.807, 2.05) is 18.2 Å². The number of hydrogen-bond acceptors (Lipinski definition) is 4. The minimum atomic E-state index is -0.353. The summed E-state index contributed by atoms with van der Waals surface area (Å²) in [6, 6.07) is 14.0. The Labute approximate surface area is 215 Å². The molecule has 0 saturated heterocycles. The number of benzene rings is 2. The summed E-state index contributed by atoms with van der Waals surface area (Å²) < 4.78 is 12.1. The van der Waals surface area contributed by atoms with Gasteiger partial charge in [0.25, 0.3) is 5.91 Å². The van der Waals surface area contributed by atoms with E-state index < -0.39 is 0 Å². The van der Waals surface area contributed by atoms with Crippen LogP contribution in [0.15, 0.2) is 48.5 Å². The molecule has 2 aromatic rings. The van der Waals surface area contributed by atoms with E-state index in [9.17, 15) is 9.59 Å². The third-order valence-corrected chi connectivity index (χ3v) is 6.16. The maximum Gasteiger partial charge on any atom is 0.338 e. The molecule has 0 fully saturated rings. The van der Waals surface area contributed by atoms with Crippen LogP contribution < -0.4 is 27.0 Å². The average molecular weight is 536 g/mol. The summed E-state index contributed by atoms with van der Waals surface area (Å²) in [6.45, 7) is 10.2. The quantitative estimate of drug-likeness (QED) is 0.230. The van der Waals surface area contributed by atoms with Gasteiger partial charge in [-0.1, -0.05) is 38.3 Å². The largest absolute Gasteiger partial charge is 1.00 e. The molecule has 0 atom stereocenters. The highest BCUT2D eigenvalue weighted by Crippen LogP contribution is 2.21. The maximum atomic E-state index is 12.8. The number of halogens is 1. The maximum absolute atomic E-state index is 12.8. The fourth-order valence-electron chi connectivity index (χ4n) is 3.36. The van der Waals surface area contributed by atoms with Gasteiger partial charge in [0.1, 0.15) is 18.9 Å². The molecule has 0 aromatic heterocycles. The topological polar surface area (TPSA) is 64.6 Å². The number of rotatable bonds is 14. The molecule has 1 N–H and O–H groups in total. The molecule has 6 nitrogen and oxygen atoms in total. The van der Waals surface area contributed by atoms with Gasteiger partial charge in [-0.05, 0) is 56.7 Å². The minimum Gasteiger partial charge on any atom is -1.00 e. The van der Waals surface area contributed by atoms with Gasteiger partial charge in [0.05, 0.1) is 37.9 Å². The number of esters is 1. The van der Waals surface area contributed by atoms with E-state index in [-0.39, 0.29) is 28.9 Å². The highest BCUT2D eigenvalue weighted by atomic mass is 79.9. The van der Waals surface area contributed by atoms with Crippen LogP contribution >= 0.6 is 0 Å². The van der Waals surface area contributed by atoms with Crippen molar-refractivity contribution in [1.29, 1.82) is 0 Å². The second kappa shape index (κ2) is 15.5. The number of carbonyl (C=O) groups excluding carboxylic acids is 2. The predicted molar refractivity (Wildman–Crippen MR) is 133 cm³/mol. The Bertz CT molecular complexity index is 882. The van der Waals surface area contributed by atoms with Gasteiger partial charge in [0, 0.05) is 5.69 Å². The number of unbranched alkanes of at least 4 members (excludes halogenated alkanes) is 3. The van der Waals surface area contributed by atoms with Crippen molar-refractivity contribution in [2.75, 3.05) is 45.2 Å². The van der Waals surface area contributed by atoms with Gasteiger partial charge >= 0.3 is 5.97 Å². The van der Waals surface area contributed by atoms with E-state index in [0.717, 1.165) is 37.0 Å². The first-order valence-electron chi connectivity index (χ1n) is 12.1. The number of nitrogens with one attached hydrogen (secondary N) is 1. The number of nitrogens with zero attached hydrogens (tertiary/aromatic N) is 1. The van der Waals surface area contributed by atoms with E-state index in [0.29, 0.717) is 35.8 Å². The zero-order chi connectivity index (χ0) is 24.1. The second-order valence-electron chi connectivity index (χ2n) is 8.55. The Balaban J connectivity index is 0.00000578. The lowest BCUT2D eigenvalue weighted by molar-refractivity contribution is -0.906. The van der Waals surface area contributed by atoms with Gasteiger partial charge in [0.2, 0.25) is 0 Å². The summed E-state index contributed by atoms with van der Waals surface area (Å²) in [6.07, 6.45) is 4.45. The standard InChI is InChI=1S/C27H38N2O4.BrH/c1-5-8-9-12-20-32-25-14-11-10-13-24(25)26(30)28-23-17-15-22(16-18-23)27(31)33-21-19-29(4,6-2)7-3;/h10-11,13-18H,5-9,12,19-21H2,1-4H3;1H. The molecule has 1 amide bonds. The molecule has 0 bridgehead atoms. The van der Waals surface area contributed by atoms with Gasteiger partial charge in [0.15, 0.2) is 0 Å². The normalized spacial score (nSPS) is 10.8. The molecular weight excluding hydrogens is 496 g/mol. The Hall–Kier alpha value is -2.38. The Morgan fingerprint density at radius 2 is 1.56 bits per heavy atom. The van der Waals surface area contributed by atoms with Crippen molar-refractivity contribution in [3.63, 3.8) is 0 Å². The van der Waals surface area contributed by atoms with Gasteiger partial charge in [-0.25, -0.2) is 4.79 Å². The van der Waals surface area contributed by atoms with Crippen LogP contribution in [0, 0.1) is 0 Å². The number of quaternary nitrogens is 1. The number of carbonyl (C=O) groups is 2. The van der Waals surface area contributed by atoms with Gasteiger partial charge in [-0.3, -0.25) is 4.79 Å². The SMILES string of the molecule is CCCCCCOc1ccccc1C(=O)Nc1ccc(C(=O)OCC[N+](C)(CC)CC)cc1.[Br-]. The zero-order valence-corrected chi connectivity index (χ0v) is 22.5. The summed E-state index contributed by atoms with van der Waals surface area (Å²) in [4.78, 5) is 25.1. The van der Waals surface area contributed by atoms with Crippen LogP contribution in [0.2, 0.25) is 0 Å². The second-order valence-corrected chi connectivity index (χ2v) is 8.55. The molecule has 0 aliphatic carbocycles. The number of para-hydroxylation sites is 1. The number of ether oxygens (including phenoxy) is 2. The number of likely N-dealkylation sites (N-methyl/N-ethyl adjacent to an activating group) is 1. The van der Waals surface area contributed by atoms with Crippen LogP contribution in [0.4, 0.5) is 5.69 Å². The predicted octanol–water partition coefficient (Wildman–Crippen LogP) is 2.55. The Kier molecular flexibility index (Phi) is 13.5. The van der Waals surface area contributed by atoms with Crippen LogP contribution in [0.3, 0.4) is 0 Å². The van der Waals surface area contributed by atoms with E-state index in [1.165, 1.54) is 12.8 Å². The molecular formula is C27H39BrN2O4. The van der Waals surface area contributed by atoms with Crippen molar-refractivity contribution < 1.29 is 40.5 Å². The molecule has 0 saturated carbocycles. The van der Waals surface area contributed by atoms with E-state index in [4.69, 9.17) is 9.47 Å². The zero-order valence-electron chi connectivity index (χ0n) is 20.9. The highest BCUT2D eigenvalue weighted by Gasteiger charge is 2.18.